The Kier molecular flexibility index (Phi) is 7.12. The number of rotatable bonds is 3. The molecule has 17 heavy (non-hydrogen) atoms. The maximum atomic E-state index is 9.86. The molecule has 0 aliphatic heterocycles. The Labute approximate surface area is 124 Å². The molecule has 0 aliphatic rings. The zero-order valence-corrected chi connectivity index (χ0v) is 11.7. The fourth-order valence-corrected chi connectivity index (χ4v) is 1.72. The minimum absolute atomic E-state index is 0. The van der Waals surface area contributed by atoms with Gasteiger partial charge in [-0.05, 0) is 22.8 Å². The predicted octanol–water partition coefficient (Wildman–Crippen LogP) is 0.398. The van der Waals surface area contributed by atoms with Gasteiger partial charge in [0.2, 0.25) is 0 Å². The molecular weight excluding hydrogens is 242 g/mol. The fourth-order valence-electron chi connectivity index (χ4n) is 1.72. The molecule has 0 bridgehead atoms. The molecule has 2 aromatic carbocycles. The molecule has 0 N–H and O–H groups in total. The molecule has 0 saturated heterocycles. The molecule has 0 spiro atoms. The summed E-state index contributed by atoms with van der Waals surface area (Å²) >= 11 is 0. The third kappa shape index (κ3) is 3.56. The number of fused-ring (bicyclic) bond motifs is 1. The van der Waals surface area contributed by atoms with Crippen molar-refractivity contribution in [1.29, 1.82) is 0 Å². The minimum Gasteiger partial charge on any atom is -1.00 e. The van der Waals surface area contributed by atoms with Crippen molar-refractivity contribution in [1.82, 2.24) is 0 Å². The molecule has 2 aromatic rings. The van der Waals surface area contributed by atoms with Crippen LogP contribution in [0.3, 0.4) is 0 Å². The number of nitrogens with zero attached hydrogens (tertiary/aromatic N) is 1. The standard InChI is InChI=1S/C14H12N.ClH.Mg/c1-2-6-14(15)13-10-5-8-11-7-3-4-9-12(11)13;;/h2-5,7-10H,1,6H2;1H;/q-1;;+2/p-1. The molecule has 1 nitrogen and oxygen atoms in total. The molecule has 0 heterocycles. The Hall–Kier alpha value is -0.834. The van der Waals surface area contributed by atoms with Crippen LogP contribution in [0.25, 0.3) is 16.2 Å². The average molecular weight is 254 g/mol. The molecule has 82 valence electrons. The number of hydrogen-bond acceptors (Lipinski definition) is 0. The monoisotopic (exact) mass is 253 g/mol. The Balaban J connectivity index is 0.00000128. The first-order valence-electron chi connectivity index (χ1n) is 4.97. The SMILES string of the molecule is C=CCC(=[N-])c1cccc2ccccc12.[Cl-].[Mg+2]. The molecule has 0 radical (unpaired) electrons. The van der Waals surface area contributed by atoms with Gasteiger partial charge in [-0.1, -0.05) is 48.5 Å². The van der Waals surface area contributed by atoms with Crippen LogP contribution in [-0.4, -0.2) is 28.8 Å². The zero-order chi connectivity index (χ0) is 10.7. The third-order valence-electron chi connectivity index (χ3n) is 2.44. The minimum atomic E-state index is 0. The molecule has 0 unspecified atom stereocenters. The van der Waals surface area contributed by atoms with Crippen molar-refractivity contribution in [2.24, 2.45) is 0 Å². The molecule has 0 aromatic heterocycles. The van der Waals surface area contributed by atoms with E-state index in [0.29, 0.717) is 12.1 Å². The molecule has 0 saturated carbocycles. The molecular formula is C14H12ClMgN. The molecule has 0 atom stereocenters. The molecule has 2 rings (SSSR count). The molecule has 3 heteroatoms. The predicted molar refractivity (Wildman–Crippen MR) is 72.0 cm³/mol. The fraction of sp³-hybridized carbons (Fsp3) is 0.0714. The van der Waals surface area contributed by atoms with Crippen LogP contribution < -0.4 is 12.4 Å². The van der Waals surface area contributed by atoms with E-state index >= 15 is 0 Å². The van der Waals surface area contributed by atoms with E-state index in [9.17, 15) is 5.41 Å². The van der Waals surface area contributed by atoms with Gasteiger partial charge in [-0.3, -0.25) is 0 Å². The van der Waals surface area contributed by atoms with Crippen molar-refractivity contribution in [2.45, 2.75) is 6.42 Å². The van der Waals surface area contributed by atoms with Gasteiger partial charge in [0.1, 0.15) is 0 Å². The number of halogens is 1. The smallest absolute Gasteiger partial charge is 1.00 e. The van der Waals surface area contributed by atoms with Crippen LogP contribution in [0.4, 0.5) is 0 Å². The second-order valence-corrected chi connectivity index (χ2v) is 3.47. The summed E-state index contributed by atoms with van der Waals surface area (Å²) in [7, 11) is 0. The van der Waals surface area contributed by atoms with Gasteiger partial charge in [0.05, 0.1) is 0 Å². The van der Waals surface area contributed by atoms with E-state index in [-0.39, 0.29) is 35.5 Å². The van der Waals surface area contributed by atoms with Crippen LogP contribution >= 0.6 is 0 Å². The van der Waals surface area contributed by atoms with E-state index < -0.39 is 0 Å². The Morgan fingerprint density at radius 2 is 1.76 bits per heavy atom. The van der Waals surface area contributed by atoms with E-state index in [1.165, 1.54) is 0 Å². The summed E-state index contributed by atoms with van der Waals surface area (Å²) in [5, 5.41) is 12.1. The molecule has 0 aliphatic carbocycles. The van der Waals surface area contributed by atoms with Gasteiger partial charge in [-0.15, -0.1) is 6.58 Å². The zero-order valence-electron chi connectivity index (χ0n) is 9.57. The first kappa shape index (κ1) is 16.2. The van der Waals surface area contributed by atoms with E-state index in [0.717, 1.165) is 16.3 Å². The Bertz CT molecular complexity index is 517. The van der Waals surface area contributed by atoms with Crippen LogP contribution in [-0.2, 0) is 0 Å². The summed E-state index contributed by atoms with van der Waals surface area (Å²) in [5.41, 5.74) is 1.27. The van der Waals surface area contributed by atoms with Crippen LogP contribution in [0.15, 0.2) is 55.1 Å². The van der Waals surface area contributed by atoms with Gasteiger partial charge >= 0.3 is 23.1 Å². The van der Waals surface area contributed by atoms with Crippen molar-refractivity contribution in [3.63, 3.8) is 0 Å². The van der Waals surface area contributed by atoms with Gasteiger partial charge in [-0.2, -0.15) is 5.71 Å². The second kappa shape index (κ2) is 7.48. The Morgan fingerprint density at radius 1 is 1.12 bits per heavy atom. The summed E-state index contributed by atoms with van der Waals surface area (Å²) in [5.74, 6) is 0. The van der Waals surface area contributed by atoms with Crippen LogP contribution in [0.1, 0.15) is 12.0 Å². The number of hydrogen-bond donors (Lipinski definition) is 0. The maximum Gasteiger partial charge on any atom is 2.00 e. The van der Waals surface area contributed by atoms with Crippen LogP contribution in [0.2, 0.25) is 0 Å². The van der Waals surface area contributed by atoms with E-state index in [1.54, 1.807) is 6.08 Å². The summed E-state index contributed by atoms with van der Waals surface area (Å²) < 4.78 is 0. The Morgan fingerprint density at radius 3 is 2.47 bits per heavy atom. The largest absolute Gasteiger partial charge is 2.00 e. The number of benzene rings is 2. The van der Waals surface area contributed by atoms with E-state index in [4.69, 9.17) is 0 Å². The van der Waals surface area contributed by atoms with Crippen molar-refractivity contribution < 1.29 is 12.4 Å². The van der Waals surface area contributed by atoms with Gasteiger partial charge in [0.25, 0.3) is 0 Å². The quantitative estimate of drug-likeness (QED) is 0.430. The third-order valence-corrected chi connectivity index (χ3v) is 2.44. The molecule has 0 fully saturated rings. The average Bonchev–Trinajstić information content (AvgIpc) is 2.28. The van der Waals surface area contributed by atoms with E-state index in [1.807, 2.05) is 42.5 Å². The van der Waals surface area contributed by atoms with Gasteiger partial charge in [0, 0.05) is 0 Å². The number of allylic oxidation sites excluding steroid dienone is 1. The second-order valence-electron chi connectivity index (χ2n) is 3.47. The summed E-state index contributed by atoms with van der Waals surface area (Å²) in [4.78, 5) is 0. The van der Waals surface area contributed by atoms with Crippen molar-refractivity contribution >= 4 is 39.5 Å². The van der Waals surface area contributed by atoms with Gasteiger partial charge in [-0.25, -0.2) is 0 Å². The van der Waals surface area contributed by atoms with E-state index in [2.05, 4.69) is 6.58 Å². The topological polar surface area (TPSA) is 22.3 Å². The summed E-state index contributed by atoms with van der Waals surface area (Å²) in [6, 6.07) is 14.0. The van der Waals surface area contributed by atoms with Crippen molar-refractivity contribution in [2.75, 3.05) is 0 Å². The van der Waals surface area contributed by atoms with Crippen LogP contribution in [0, 0.1) is 0 Å². The van der Waals surface area contributed by atoms with Crippen molar-refractivity contribution in [3.8, 4) is 0 Å². The van der Waals surface area contributed by atoms with Crippen LogP contribution in [0.5, 0.6) is 0 Å². The maximum absolute atomic E-state index is 9.86. The first-order valence-corrected chi connectivity index (χ1v) is 4.97. The molecule has 0 amide bonds. The summed E-state index contributed by atoms with van der Waals surface area (Å²) in [6.07, 6.45) is 2.21. The van der Waals surface area contributed by atoms with Gasteiger partial charge < -0.3 is 17.8 Å². The van der Waals surface area contributed by atoms with Gasteiger partial charge in [0.15, 0.2) is 0 Å². The summed E-state index contributed by atoms with van der Waals surface area (Å²) in [6.45, 7) is 3.63. The van der Waals surface area contributed by atoms with Crippen molar-refractivity contribution in [3.05, 3.63) is 66.1 Å². The first-order chi connectivity index (χ1) is 7.33. The normalized spacial score (nSPS) is 8.94.